The molecule has 7 rings (SSSR count). The van der Waals surface area contributed by atoms with Crippen LogP contribution >= 0.6 is 24.8 Å². The van der Waals surface area contributed by atoms with Crippen molar-refractivity contribution in [1.82, 2.24) is 25.4 Å². The molecule has 3 N–H and O–H groups in total. The van der Waals surface area contributed by atoms with Gasteiger partial charge < -0.3 is 34.6 Å². The highest BCUT2D eigenvalue weighted by atomic mass is 35.5. The van der Waals surface area contributed by atoms with Crippen LogP contribution < -0.4 is 16.0 Å². The van der Waals surface area contributed by atoms with E-state index in [9.17, 15) is 19.2 Å². The Kier molecular flexibility index (Phi) is 15.2. The molecular formula is C44H47Cl2N5O8. The summed E-state index contributed by atoms with van der Waals surface area (Å²) in [6.45, 7) is 7.31. The molecule has 0 bridgehead atoms. The monoisotopic (exact) mass is 843 g/mol. The van der Waals surface area contributed by atoms with Crippen molar-refractivity contribution < 1.29 is 37.8 Å². The maximum absolute atomic E-state index is 14.1. The van der Waals surface area contributed by atoms with Crippen LogP contribution in [0.3, 0.4) is 0 Å². The Hall–Kier alpha value is -5.86. The van der Waals surface area contributed by atoms with E-state index in [1.165, 1.54) is 4.57 Å². The molecule has 2 unspecified atom stereocenters. The van der Waals surface area contributed by atoms with Crippen molar-refractivity contribution in [2.24, 2.45) is 0 Å². The summed E-state index contributed by atoms with van der Waals surface area (Å²) in [5, 5.41) is 10.7. The van der Waals surface area contributed by atoms with Crippen LogP contribution in [-0.4, -0.2) is 72.0 Å². The third-order valence-corrected chi connectivity index (χ3v) is 10.1. The Bertz CT molecular complexity index is 2330. The highest BCUT2D eigenvalue weighted by Crippen LogP contribution is 2.27. The van der Waals surface area contributed by atoms with Crippen LogP contribution in [0.15, 0.2) is 120 Å². The lowest BCUT2D eigenvalue weighted by Gasteiger charge is -2.30. The Morgan fingerprint density at radius 2 is 1.54 bits per heavy atom. The Labute approximate surface area is 354 Å². The van der Waals surface area contributed by atoms with E-state index in [1.54, 1.807) is 43.5 Å². The Balaban J connectivity index is 0.00000331. The van der Waals surface area contributed by atoms with Gasteiger partial charge in [0.2, 0.25) is 12.7 Å². The van der Waals surface area contributed by atoms with Crippen LogP contribution in [0.2, 0.25) is 0 Å². The fraction of sp³-hybridized carbons (Fsp3) is 0.273. The van der Waals surface area contributed by atoms with E-state index in [1.807, 2.05) is 85.8 Å². The summed E-state index contributed by atoms with van der Waals surface area (Å²) in [5.74, 6) is -0.649. The number of ether oxygens (including phenoxy) is 3. The molecule has 0 radical (unpaired) electrons. The number of fused-ring (bicyclic) bond motifs is 2. The summed E-state index contributed by atoms with van der Waals surface area (Å²) < 4.78 is 23.3. The van der Waals surface area contributed by atoms with Crippen LogP contribution in [0.1, 0.15) is 52.7 Å². The van der Waals surface area contributed by atoms with Gasteiger partial charge in [-0.25, -0.2) is 14.4 Å². The molecule has 6 aromatic rings. The predicted octanol–water partition coefficient (Wildman–Crippen LogP) is 7.54. The lowest BCUT2D eigenvalue weighted by Crippen LogP contribution is -2.58. The van der Waals surface area contributed by atoms with Crippen LogP contribution in [0, 0.1) is 0 Å². The zero-order valence-electron chi connectivity index (χ0n) is 32.7. The van der Waals surface area contributed by atoms with Crippen molar-refractivity contribution in [2.45, 2.75) is 45.0 Å². The number of nitrogens with zero attached hydrogens (tertiary/aromatic N) is 2. The van der Waals surface area contributed by atoms with Crippen LogP contribution in [0.4, 0.5) is 9.59 Å². The molecule has 15 heteroatoms. The molecule has 59 heavy (non-hydrogen) atoms. The van der Waals surface area contributed by atoms with Gasteiger partial charge in [0.1, 0.15) is 16.9 Å². The molecule has 1 fully saturated rings. The second-order valence-electron chi connectivity index (χ2n) is 14.3. The van der Waals surface area contributed by atoms with Crippen LogP contribution in [-0.2, 0) is 38.6 Å². The smallest absolute Gasteiger partial charge is 0.421 e. The summed E-state index contributed by atoms with van der Waals surface area (Å²) in [6, 6.07) is 32.6. The molecule has 1 aliphatic rings. The van der Waals surface area contributed by atoms with Gasteiger partial charge in [0.15, 0.2) is 6.61 Å². The lowest BCUT2D eigenvalue weighted by atomic mass is 9.91. The van der Waals surface area contributed by atoms with Crippen molar-refractivity contribution in [1.29, 1.82) is 0 Å². The Morgan fingerprint density at radius 3 is 2.29 bits per heavy atom. The van der Waals surface area contributed by atoms with Gasteiger partial charge in [0, 0.05) is 56.1 Å². The first-order chi connectivity index (χ1) is 27.6. The number of aromatic nitrogens is 1. The normalized spacial score (nSPS) is 14.2. The number of esters is 1. The quantitative estimate of drug-likeness (QED) is 0.0786. The summed E-state index contributed by atoms with van der Waals surface area (Å²) in [4.78, 5) is 56.1. The minimum Gasteiger partial charge on any atom is -0.457 e. The third-order valence-electron chi connectivity index (χ3n) is 10.1. The number of halogens is 2. The molecule has 3 heterocycles. The minimum atomic E-state index is -1.55. The van der Waals surface area contributed by atoms with E-state index < -0.39 is 36.4 Å². The van der Waals surface area contributed by atoms with Crippen molar-refractivity contribution in [3.05, 3.63) is 143 Å². The largest absolute Gasteiger partial charge is 0.457 e. The number of furan rings is 1. The molecule has 13 nitrogen and oxygen atoms in total. The number of nitrogens with one attached hydrogen (secondary N) is 3. The van der Waals surface area contributed by atoms with Gasteiger partial charge in [-0.2, -0.15) is 0 Å². The molecule has 2 atom stereocenters. The molecule has 2 aromatic heterocycles. The zero-order chi connectivity index (χ0) is 39.8. The topological polar surface area (TPSA) is 153 Å². The highest BCUT2D eigenvalue weighted by Gasteiger charge is 2.38. The molecule has 2 amide bonds. The van der Waals surface area contributed by atoms with E-state index in [4.69, 9.17) is 18.6 Å². The number of benzene rings is 4. The average molecular weight is 845 g/mol. The summed E-state index contributed by atoms with van der Waals surface area (Å²) in [6.07, 6.45) is -0.0988. The van der Waals surface area contributed by atoms with Crippen molar-refractivity contribution in [3.63, 3.8) is 0 Å². The minimum absolute atomic E-state index is 0. The maximum atomic E-state index is 14.1. The number of hydrogen-bond acceptors (Lipinski definition) is 10. The first-order valence-electron chi connectivity index (χ1n) is 18.9. The van der Waals surface area contributed by atoms with Crippen molar-refractivity contribution in [3.8, 4) is 0 Å². The zero-order valence-corrected chi connectivity index (χ0v) is 34.3. The van der Waals surface area contributed by atoms with Gasteiger partial charge >= 0.3 is 18.2 Å². The van der Waals surface area contributed by atoms with E-state index in [-0.39, 0.29) is 43.9 Å². The molecule has 0 aliphatic carbocycles. The molecule has 4 aromatic carbocycles. The molecular weight excluding hydrogens is 797 g/mol. The standard InChI is InChI=1S/C44H45N5O8.2ClH/c1-30(32-10-4-3-5-11-32)46-41(51)44(2,47-42(52)54-28-36-24-34-12-6-9-15-39(34)57-36)25-35-27-49(38-14-8-7-13-37(35)38)43(53)56-29-55-40(50)33-18-16-31(17-19-33)26-48-22-20-45-21-23-48;;/h3-19,24,27,30,45H,20-23,25-26,28-29H2,1-2H3,(H,46,51)(H,47,52);2*1H. The van der Waals surface area contributed by atoms with E-state index >= 15 is 0 Å². The first-order valence-corrected chi connectivity index (χ1v) is 18.9. The number of amides is 2. The van der Waals surface area contributed by atoms with Gasteiger partial charge in [-0.05, 0) is 60.9 Å². The van der Waals surface area contributed by atoms with Crippen LogP contribution in [0.25, 0.3) is 21.9 Å². The number of alkyl carbamates (subject to hydrolysis) is 1. The van der Waals surface area contributed by atoms with Gasteiger partial charge in [-0.3, -0.25) is 14.3 Å². The number of para-hydroxylation sites is 2. The van der Waals surface area contributed by atoms with E-state index in [0.717, 1.165) is 49.2 Å². The SMILES string of the molecule is CC(NC(=O)C(C)(Cc1cn(C(=O)OCOC(=O)c2ccc(CN3CCNCC3)cc2)c2ccccc12)NC(=O)OCc1cc2ccccc2o1)c1ccccc1.Cl.Cl. The molecule has 0 saturated carbocycles. The third kappa shape index (κ3) is 11.0. The summed E-state index contributed by atoms with van der Waals surface area (Å²) in [7, 11) is 0. The highest BCUT2D eigenvalue weighted by molar-refractivity contribution is 5.95. The number of carbonyl (C=O) groups excluding carboxylic acids is 4. The average Bonchev–Trinajstić information content (AvgIpc) is 3.82. The predicted molar refractivity (Wildman–Crippen MR) is 228 cm³/mol. The first kappa shape index (κ1) is 44.2. The number of piperazine rings is 1. The van der Waals surface area contributed by atoms with E-state index in [2.05, 4.69) is 20.9 Å². The fourth-order valence-corrected chi connectivity index (χ4v) is 6.95. The second-order valence-corrected chi connectivity index (χ2v) is 14.3. The maximum Gasteiger partial charge on any atom is 0.421 e. The van der Waals surface area contributed by atoms with Gasteiger partial charge in [0.05, 0.1) is 17.1 Å². The number of hydrogen-bond donors (Lipinski definition) is 3. The molecule has 1 saturated heterocycles. The number of rotatable bonds is 13. The van der Waals surface area contributed by atoms with Crippen molar-refractivity contribution >= 4 is 70.7 Å². The second kappa shape index (κ2) is 20.2. The van der Waals surface area contributed by atoms with Gasteiger partial charge in [-0.1, -0.05) is 78.9 Å². The molecule has 310 valence electrons. The number of carbonyl (C=O) groups is 4. The van der Waals surface area contributed by atoms with Gasteiger partial charge in [-0.15, -0.1) is 24.8 Å². The molecule has 1 aliphatic heterocycles. The fourth-order valence-electron chi connectivity index (χ4n) is 6.95. The lowest BCUT2D eigenvalue weighted by molar-refractivity contribution is -0.127. The van der Waals surface area contributed by atoms with E-state index in [0.29, 0.717) is 33.4 Å². The molecule has 0 spiro atoms. The van der Waals surface area contributed by atoms with Gasteiger partial charge in [0.25, 0.3) is 0 Å². The Morgan fingerprint density at radius 1 is 0.847 bits per heavy atom. The van der Waals surface area contributed by atoms with Crippen molar-refractivity contribution in [2.75, 3.05) is 33.0 Å². The van der Waals surface area contributed by atoms with Crippen LogP contribution in [0.5, 0.6) is 0 Å². The summed E-state index contributed by atoms with van der Waals surface area (Å²) >= 11 is 0. The summed E-state index contributed by atoms with van der Waals surface area (Å²) in [5.41, 5.74) is 2.48.